The van der Waals surface area contributed by atoms with E-state index < -0.39 is 0 Å². The molecule has 2 N–H and O–H groups in total. The molecule has 0 aromatic heterocycles. The number of rotatable bonds is 4. The molecular weight excluding hydrogens is 208 g/mol. The fraction of sp³-hybridized carbons (Fsp3) is 0.600. The van der Waals surface area contributed by atoms with Crippen LogP contribution in [-0.4, -0.2) is 24.5 Å². The first-order valence-corrected chi connectivity index (χ1v) is 6.83. The van der Waals surface area contributed by atoms with Crippen LogP contribution >= 0.6 is 0 Å². The Hall–Kier alpha value is -1.02. The van der Waals surface area contributed by atoms with Crippen LogP contribution in [0.15, 0.2) is 18.2 Å². The van der Waals surface area contributed by atoms with Crippen LogP contribution in [0.5, 0.6) is 0 Å². The number of fused-ring (bicyclic) bond motifs is 1. The molecule has 0 saturated heterocycles. The molecule has 1 unspecified atom stereocenters. The van der Waals surface area contributed by atoms with Gasteiger partial charge in [0.05, 0.1) is 0 Å². The quantitative estimate of drug-likeness (QED) is 0.809. The molecule has 0 radical (unpaired) electrons. The fourth-order valence-corrected chi connectivity index (χ4v) is 2.89. The molecule has 0 aliphatic heterocycles. The molecule has 2 rings (SSSR count). The standard InChI is InChI=1S/C15H24N2/c1-3-17(4-2)11-12-8-9-13-6-5-7-15(16)14(13)10-12/h5-7,12H,3-4,8-11,16H2,1-2H3. The Morgan fingerprint density at radius 2 is 2.06 bits per heavy atom. The molecule has 1 aromatic rings. The molecule has 1 aromatic carbocycles. The summed E-state index contributed by atoms with van der Waals surface area (Å²) in [6.07, 6.45) is 3.68. The zero-order valence-electron chi connectivity index (χ0n) is 11.1. The van der Waals surface area contributed by atoms with Crippen molar-refractivity contribution < 1.29 is 0 Å². The maximum atomic E-state index is 6.09. The molecular formula is C15H24N2. The van der Waals surface area contributed by atoms with Crippen LogP contribution in [0, 0.1) is 5.92 Å². The summed E-state index contributed by atoms with van der Waals surface area (Å²) in [6.45, 7) is 8.03. The van der Waals surface area contributed by atoms with E-state index in [0.717, 1.165) is 24.7 Å². The van der Waals surface area contributed by atoms with Crippen LogP contribution in [-0.2, 0) is 12.8 Å². The van der Waals surface area contributed by atoms with Crippen molar-refractivity contribution in [3.05, 3.63) is 29.3 Å². The molecule has 0 heterocycles. The number of benzene rings is 1. The lowest BCUT2D eigenvalue weighted by Gasteiger charge is -2.30. The third-order valence-electron chi connectivity index (χ3n) is 4.03. The highest BCUT2D eigenvalue weighted by atomic mass is 15.1. The number of hydrogen-bond donors (Lipinski definition) is 1. The van der Waals surface area contributed by atoms with E-state index in [0.29, 0.717) is 0 Å². The van der Waals surface area contributed by atoms with Gasteiger partial charge >= 0.3 is 0 Å². The van der Waals surface area contributed by atoms with Gasteiger partial charge in [0.25, 0.3) is 0 Å². The third-order valence-corrected chi connectivity index (χ3v) is 4.03. The van der Waals surface area contributed by atoms with Crippen molar-refractivity contribution in [2.45, 2.75) is 33.1 Å². The van der Waals surface area contributed by atoms with Crippen molar-refractivity contribution in [3.63, 3.8) is 0 Å². The van der Waals surface area contributed by atoms with E-state index in [9.17, 15) is 0 Å². The van der Waals surface area contributed by atoms with Crippen LogP contribution in [0.25, 0.3) is 0 Å². The van der Waals surface area contributed by atoms with Gasteiger partial charge in [0.1, 0.15) is 0 Å². The highest BCUT2D eigenvalue weighted by Gasteiger charge is 2.21. The monoisotopic (exact) mass is 232 g/mol. The van der Waals surface area contributed by atoms with Gasteiger partial charge in [-0.1, -0.05) is 26.0 Å². The SMILES string of the molecule is CCN(CC)CC1CCc2cccc(N)c2C1. The first-order valence-electron chi connectivity index (χ1n) is 6.83. The maximum Gasteiger partial charge on any atom is 0.0349 e. The average Bonchev–Trinajstić information content (AvgIpc) is 2.37. The van der Waals surface area contributed by atoms with Crippen molar-refractivity contribution in [2.24, 2.45) is 5.92 Å². The van der Waals surface area contributed by atoms with Crippen LogP contribution in [0.4, 0.5) is 5.69 Å². The molecule has 1 atom stereocenters. The van der Waals surface area contributed by atoms with E-state index in [1.807, 2.05) is 6.07 Å². The van der Waals surface area contributed by atoms with Gasteiger partial charge in [0.2, 0.25) is 0 Å². The molecule has 0 spiro atoms. The van der Waals surface area contributed by atoms with E-state index in [4.69, 9.17) is 5.73 Å². The van der Waals surface area contributed by atoms with Gasteiger partial charge < -0.3 is 10.6 Å². The number of anilines is 1. The van der Waals surface area contributed by atoms with Crippen molar-refractivity contribution in [1.82, 2.24) is 4.90 Å². The maximum absolute atomic E-state index is 6.09. The minimum atomic E-state index is 0.784. The average molecular weight is 232 g/mol. The summed E-state index contributed by atoms with van der Waals surface area (Å²) in [5.41, 5.74) is 9.96. The smallest absolute Gasteiger partial charge is 0.0349 e. The van der Waals surface area contributed by atoms with Crippen molar-refractivity contribution in [2.75, 3.05) is 25.4 Å². The predicted molar refractivity (Wildman–Crippen MR) is 74.2 cm³/mol. The topological polar surface area (TPSA) is 29.3 Å². The van der Waals surface area contributed by atoms with Crippen molar-refractivity contribution in [3.8, 4) is 0 Å². The van der Waals surface area contributed by atoms with Gasteiger partial charge in [0, 0.05) is 12.2 Å². The van der Waals surface area contributed by atoms with Crippen molar-refractivity contribution in [1.29, 1.82) is 0 Å². The molecule has 0 amide bonds. The Labute approximate surface area is 105 Å². The first-order chi connectivity index (χ1) is 8.24. The first kappa shape index (κ1) is 12.4. The lowest BCUT2D eigenvalue weighted by Crippen LogP contribution is -2.32. The van der Waals surface area contributed by atoms with Gasteiger partial charge in [-0.05, 0) is 55.5 Å². The van der Waals surface area contributed by atoms with Crippen LogP contribution < -0.4 is 5.73 Å². The fourth-order valence-electron chi connectivity index (χ4n) is 2.89. The third kappa shape index (κ3) is 2.81. The summed E-state index contributed by atoms with van der Waals surface area (Å²) in [5.74, 6) is 0.784. The second-order valence-corrected chi connectivity index (χ2v) is 5.08. The summed E-state index contributed by atoms with van der Waals surface area (Å²) in [6, 6.07) is 6.36. The molecule has 2 heteroatoms. The number of nitrogens with zero attached hydrogens (tertiary/aromatic N) is 1. The Balaban J connectivity index is 2.05. The van der Waals surface area contributed by atoms with Gasteiger partial charge in [0.15, 0.2) is 0 Å². The Morgan fingerprint density at radius 1 is 1.29 bits per heavy atom. The number of hydrogen-bond acceptors (Lipinski definition) is 2. The van der Waals surface area contributed by atoms with Crippen LogP contribution in [0.1, 0.15) is 31.4 Å². The summed E-state index contributed by atoms with van der Waals surface area (Å²) in [4.78, 5) is 2.52. The van der Waals surface area contributed by atoms with E-state index in [-0.39, 0.29) is 0 Å². The minimum Gasteiger partial charge on any atom is -0.398 e. The van der Waals surface area contributed by atoms with E-state index in [1.54, 1.807) is 0 Å². The summed E-state index contributed by atoms with van der Waals surface area (Å²) in [5, 5.41) is 0. The number of nitrogens with two attached hydrogens (primary N) is 1. The highest BCUT2D eigenvalue weighted by Crippen LogP contribution is 2.29. The van der Waals surface area contributed by atoms with Crippen LogP contribution in [0.2, 0.25) is 0 Å². The number of nitrogen functional groups attached to an aromatic ring is 1. The van der Waals surface area contributed by atoms with Gasteiger partial charge in [-0.25, -0.2) is 0 Å². The second kappa shape index (κ2) is 5.54. The molecule has 17 heavy (non-hydrogen) atoms. The largest absolute Gasteiger partial charge is 0.398 e. The van der Waals surface area contributed by atoms with Gasteiger partial charge in [-0.15, -0.1) is 0 Å². The summed E-state index contributed by atoms with van der Waals surface area (Å²) >= 11 is 0. The van der Waals surface area contributed by atoms with Crippen LogP contribution in [0.3, 0.4) is 0 Å². The van der Waals surface area contributed by atoms with E-state index >= 15 is 0 Å². The number of aryl methyl sites for hydroxylation is 1. The van der Waals surface area contributed by atoms with Crippen molar-refractivity contribution >= 4 is 5.69 Å². The zero-order valence-corrected chi connectivity index (χ0v) is 11.1. The van der Waals surface area contributed by atoms with Gasteiger partial charge in [-0.3, -0.25) is 0 Å². The Kier molecular flexibility index (Phi) is 4.06. The summed E-state index contributed by atoms with van der Waals surface area (Å²) in [7, 11) is 0. The summed E-state index contributed by atoms with van der Waals surface area (Å²) < 4.78 is 0. The Bertz CT molecular complexity index is 369. The zero-order chi connectivity index (χ0) is 12.3. The predicted octanol–water partition coefficient (Wildman–Crippen LogP) is 2.72. The van der Waals surface area contributed by atoms with E-state index in [1.165, 1.54) is 36.9 Å². The Morgan fingerprint density at radius 3 is 2.76 bits per heavy atom. The minimum absolute atomic E-state index is 0.784. The van der Waals surface area contributed by atoms with E-state index in [2.05, 4.69) is 30.9 Å². The lowest BCUT2D eigenvalue weighted by atomic mass is 9.83. The molecule has 0 fully saturated rings. The second-order valence-electron chi connectivity index (χ2n) is 5.08. The lowest BCUT2D eigenvalue weighted by molar-refractivity contribution is 0.239. The van der Waals surface area contributed by atoms with Gasteiger partial charge in [-0.2, -0.15) is 0 Å². The molecule has 1 aliphatic rings. The molecule has 94 valence electrons. The molecule has 2 nitrogen and oxygen atoms in total. The molecule has 1 aliphatic carbocycles. The molecule has 0 bridgehead atoms. The molecule has 0 saturated carbocycles. The highest BCUT2D eigenvalue weighted by molar-refractivity contribution is 5.52. The normalized spacial score (nSPS) is 19.4.